The molecule has 1 aliphatic heterocycles. The maximum Gasteiger partial charge on any atom is 0.287 e. The van der Waals surface area contributed by atoms with Gasteiger partial charge in [0.15, 0.2) is 5.76 Å². The first-order valence-corrected chi connectivity index (χ1v) is 9.96. The summed E-state index contributed by atoms with van der Waals surface area (Å²) in [6.45, 7) is 4.05. The average molecular weight is 385 g/mol. The summed E-state index contributed by atoms with van der Waals surface area (Å²) in [6.07, 6.45) is 3.29. The van der Waals surface area contributed by atoms with Crippen molar-refractivity contribution < 1.29 is 23.4 Å². The molecule has 1 aromatic carbocycles. The van der Waals surface area contributed by atoms with Gasteiger partial charge in [0.05, 0.1) is 18.8 Å². The van der Waals surface area contributed by atoms with Gasteiger partial charge < -0.3 is 23.9 Å². The van der Waals surface area contributed by atoms with E-state index in [-0.39, 0.29) is 24.7 Å². The van der Waals surface area contributed by atoms with Crippen LogP contribution in [0, 0.1) is 12.8 Å². The van der Waals surface area contributed by atoms with Crippen molar-refractivity contribution in [2.75, 3.05) is 19.8 Å². The Morgan fingerprint density at radius 2 is 2.04 bits per heavy atom. The van der Waals surface area contributed by atoms with Crippen LogP contribution < -0.4 is 10.1 Å². The van der Waals surface area contributed by atoms with Crippen molar-refractivity contribution in [3.8, 4) is 5.75 Å². The van der Waals surface area contributed by atoms with E-state index in [2.05, 4.69) is 5.32 Å². The Kier molecular flexibility index (Phi) is 5.98. The summed E-state index contributed by atoms with van der Waals surface area (Å²) in [5.74, 6) is 2.15. The molecule has 1 aromatic heterocycles. The Morgan fingerprint density at radius 1 is 1.21 bits per heavy atom. The second-order valence-corrected chi connectivity index (χ2v) is 7.59. The van der Waals surface area contributed by atoms with E-state index in [4.69, 9.17) is 18.6 Å². The summed E-state index contributed by atoms with van der Waals surface area (Å²) in [7, 11) is 0. The Bertz CT molecular complexity index is 783. The van der Waals surface area contributed by atoms with E-state index in [0.717, 1.165) is 24.3 Å². The van der Waals surface area contributed by atoms with Gasteiger partial charge in [0.1, 0.15) is 18.1 Å². The predicted molar refractivity (Wildman–Crippen MR) is 103 cm³/mol. The zero-order valence-corrected chi connectivity index (χ0v) is 16.2. The fraction of sp³-hybridized carbons (Fsp3) is 0.500. The van der Waals surface area contributed by atoms with Crippen LogP contribution in [-0.4, -0.2) is 37.9 Å². The molecule has 1 saturated heterocycles. The van der Waals surface area contributed by atoms with Gasteiger partial charge in [-0.25, -0.2) is 0 Å². The molecule has 28 heavy (non-hydrogen) atoms. The van der Waals surface area contributed by atoms with Gasteiger partial charge in [0.2, 0.25) is 0 Å². The van der Waals surface area contributed by atoms with Crippen molar-refractivity contribution in [3.05, 3.63) is 53.5 Å². The third kappa shape index (κ3) is 4.94. The molecular formula is C22H27NO5. The highest BCUT2D eigenvalue weighted by atomic mass is 16.5. The second kappa shape index (κ2) is 8.80. The van der Waals surface area contributed by atoms with Gasteiger partial charge in [0.25, 0.3) is 5.91 Å². The molecule has 1 N–H and O–H groups in total. The number of benzene rings is 1. The number of furan rings is 1. The Morgan fingerprint density at radius 3 is 2.82 bits per heavy atom. The third-order valence-corrected chi connectivity index (χ3v) is 5.15. The van der Waals surface area contributed by atoms with Crippen LogP contribution in [0.3, 0.4) is 0 Å². The van der Waals surface area contributed by atoms with E-state index in [0.29, 0.717) is 30.7 Å². The van der Waals surface area contributed by atoms with Crippen LogP contribution in [0.1, 0.15) is 41.1 Å². The van der Waals surface area contributed by atoms with E-state index in [1.165, 1.54) is 12.8 Å². The van der Waals surface area contributed by atoms with Crippen molar-refractivity contribution in [1.29, 1.82) is 0 Å². The number of aryl methyl sites for hydroxylation is 1. The number of carbonyl (C=O) groups is 1. The predicted octanol–water partition coefficient (Wildman–Crippen LogP) is 3.48. The molecule has 0 bridgehead atoms. The number of hydrogen-bond donors (Lipinski definition) is 1. The average Bonchev–Trinajstić information content (AvgIpc) is 3.47. The maximum atomic E-state index is 12.8. The summed E-state index contributed by atoms with van der Waals surface area (Å²) in [4.78, 5) is 12.8. The quantitative estimate of drug-likeness (QED) is 0.753. The normalized spacial score (nSPS) is 22.0. The van der Waals surface area contributed by atoms with Gasteiger partial charge in [-0.05, 0) is 50.3 Å². The molecule has 2 aliphatic rings. The van der Waals surface area contributed by atoms with E-state index < -0.39 is 0 Å². The molecule has 0 radical (unpaired) electrons. The van der Waals surface area contributed by atoms with Crippen molar-refractivity contribution in [2.24, 2.45) is 5.92 Å². The lowest BCUT2D eigenvalue weighted by Crippen LogP contribution is -2.50. The molecule has 150 valence electrons. The van der Waals surface area contributed by atoms with Crippen LogP contribution in [-0.2, 0) is 16.1 Å². The minimum absolute atomic E-state index is 0.00514. The van der Waals surface area contributed by atoms with Gasteiger partial charge in [-0.15, -0.1) is 0 Å². The largest absolute Gasteiger partial charge is 0.486 e. The monoisotopic (exact) mass is 385 g/mol. The second-order valence-electron chi connectivity index (χ2n) is 7.59. The van der Waals surface area contributed by atoms with E-state index in [9.17, 15) is 4.79 Å². The highest BCUT2D eigenvalue weighted by molar-refractivity contribution is 5.93. The molecule has 0 unspecified atom stereocenters. The topological polar surface area (TPSA) is 69.9 Å². The third-order valence-electron chi connectivity index (χ3n) is 5.15. The first kappa shape index (κ1) is 19.0. The van der Waals surface area contributed by atoms with Gasteiger partial charge >= 0.3 is 0 Å². The number of para-hydroxylation sites is 1. The molecule has 4 rings (SSSR count). The molecule has 1 amide bonds. The minimum Gasteiger partial charge on any atom is -0.486 e. The van der Waals surface area contributed by atoms with E-state index >= 15 is 0 Å². The van der Waals surface area contributed by atoms with Crippen LogP contribution in [0.4, 0.5) is 0 Å². The van der Waals surface area contributed by atoms with Gasteiger partial charge in [-0.1, -0.05) is 18.2 Å². The SMILES string of the molecule is Cc1cc(COc2ccccc2)oc1C(=O)N[C@@H]1COCC[C@@H]1OCC1CC1. The zero-order chi connectivity index (χ0) is 19.3. The summed E-state index contributed by atoms with van der Waals surface area (Å²) in [5, 5.41) is 3.03. The van der Waals surface area contributed by atoms with Crippen LogP contribution in [0.25, 0.3) is 0 Å². The number of ether oxygens (including phenoxy) is 3. The summed E-state index contributed by atoms with van der Waals surface area (Å²) < 4.78 is 23.0. The highest BCUT2D eigenvalue weighted by Crippen LogP contribution is 2.30. The lowest BCUT2D eigenvalue weighted by Gasteiger charge is -2.32. The molecule has 2 aromatic rings. The molecule has 2 fully saturated rings. The summed E-state index contributed by atoms with van der Waals surface area (Å²) >= 11 is 0. The smallest absolute Gasteiger partial charge is 0.287 e. The van der Waals surface area contributed by atoms with E-state index in [1.54, 1.807) is 0 Å². The molecule has 6 heteroatoms. The fourth-order valence-electron chi connectivity index (χ4n) is 3.35. The Balaban J connectivity index is 1.34. The Hall–Kier alpha value is -2.31. The first-order chi connectivity index (χ1) is 13.7. The molecular weight excluding hydrogens is 358 g/mol. The molecule has 1 saturated carbocycles. The number of carbonyl (C=O) groups excluding carboxylic acids is 1. The molecule has 1 aliphatic carbocycles. The molecule has 0 spiro atoms. The number of amides is 1. The van der Waals surface area contributed by atoms with Crippen molar-refractivity contribution >= 4 is 5.91 Å². The van der Waals surface area contributed by atoms with Crippen LogP contribution in [0.5, 0.6) is 5.75 Å². The lowest BCUT2D eigenvalue weighted by atomic mass is 10.1. The summed E-state index contributed by atoms with van der Waals surface area (Å²) in [6, 6.07) is 11.2. The van der Waals surface area contributed by atoms with Crippen molar-refractivity contribution in [1.82, 2.24) is 5.32 Å². The van der Waals surface area contributed by atoms with Gasteiger partial charge in [0, 0.05) is 18.8 Å². The van der Waals surface area contributed by atoms with E-state index in [1.807, 2.05) is 43.3 Å². The number of hydrogen-bond acceptors (Lipinski definition) is 5. The molecule has 2 atom stereocenters. The van der Waals surface area contributed by atoms with Gasteiger partial charge in [-0.2, -0.15) is 0 Å². The van der Waals surface area contributed by atoms with Crippen molar-refractivity contribution in [2.45, 2.75) is 44.9 Å². The summed E-state index contributed by atoms with van der Waals surface area (Å²) in [5.41, 5.74) is 0.788. The number of rotatable bonds is 8. The van der Waals surface area contributed by atoms with Crippen LogP contribution in [0.15, 0.2) is 40.8 Å². The standard InChI is InChI=1S/C22H27NO5/c1-15-11-18(13-26-17-5-3-2-4-6-17)28-21(15)22(24)23-19-14-25-10-9-20(19)27-12-16-7-8-16/h2-6,11,16,19-20H,7-10,12-14H2,1H3,(H,23,24)/t19-,20+/m1/s1. The van der Waals surface area contributed by atoms with Gasteiger partial charge in [-0.3, -0.25) is 4.79 Å². The Labute approximate surface area is 165 Å². The zero-order valence-electron chi connectivity index (χ0n) is 16.2. The van der Waals surface area contributed by atoms with Crippen molar-refractivity contribution in [3.63, 3.8) is 0 Å². The molecule has 6 nitrogen and oxygen atoms in total. The van der Waals surface area contributed by atoms with Crippen LogP contribution in [0.2, 0.25) is 0 Å². The molecule has 2 heterocycles. The van der Waals surface area contributed by atoms with Crippen LogP contribution >= 0.6 is 0 Å². The maximum absolute atomic E-state index is 12.8. The first-order valence-electron chi connectivity index (χ1n) is 9.96. The lowest BCUT2D eigenvalue weighted by molar-refractivity contribution is -0.0569. The number of nitrogens with one attached hydrogen (secondary N) is 1. The minimum atomic E-state index is -0.237. The highest BCUT2D eigenvalue weighted by Gasteiger charge is 2.31. The fourth-order valence-corrected chi connectivity index (χ4v) is 3.35.